The van der Waals surface area contributed by atoms with E-state index >= 15 is 0 Å². The van der Waals surface area contributed by atoms with Crippen molar-refractivity contribution in [2.24, 2.45) is 5.14 Å². The Morgan fingerprint density at radius 1 is 1.06 bits per heavy atom. The highest BCUT2D eigenvalue weighted by Gasteiger charge is 2.25. The number of aromatic nitrogens is 3. The predicted molar refractivity (Wildman–Crippen MR) is 127 cm³/mol. The van der Waals surface area contributed by atoms with Gasteiger partial charge in [-0.3, -0.25) is 4.57 Å². The van der Waals surface area contributed by atoms with Crippen molar-refractivity contribution in [3.63, 3.8) is 0 Å². The summed E-state index contributed by atoms with van der Waals surface area (Å²) in [6.07, 6.45) is 0. The van der Waals surface area contributed by atoms with E-state index in [1.165, 1.54) is 6.07 Å². The van der Waals surface area contributed by atoms with Crippen molar-refractivity contribution in [2.45, 2.75) is 31.2 Å². The summed E-state index contributed by atoms with van der Waals surface area (Å²) in [5.74, 6) is 0.942. The number of anilines is 1. The number of rotatable bonds is 7. The molecule has 0 unspecified atom stereocenters. The topological polar surface area (TPSA) is 107 Å². The van der Waals surface area contributed by atoms with Crippen LogP contribution in [0.15, 0.2) is 53.4 Å². The lowest BCUT2D eigenvalue weighted by molar-refractivity contribution is 0.312. The quantitative estimate of drug-likeness (QED) is 0.566. The second-order valence-electron chi connectivity index (χ2n) is 8.28. The Hall–Kier alpha value is -2.95. The van der Waals surface area contributed by atoms with Crippen LogP contribution in [0.5, 0.6) is 11.8 Å². The molecule has 0 bridgehead atoms. The molecule has 1 aliphatic rings. The molecule has 0 spiro atoms. The molecule has 9 nitrogen and oxygen atoms in total. The second kappa shape index (κ2) is 9.50. The molecule has 0 amide bonds. The molecule has 1 fully saturated rings. The smallest absolute Gasteiger partial charge is 0.322 e. The van der Waals surface area contributed by atoms with Crippen molar-refractivity contribution in [3.8, 4) is 11.8 Å². The summed E-state index contributed by atoms with van der Waals surface area (Å²) in [6, 6.07) is 15.0. The summed E-state index contributed by atoms with van der Waals surface area (Å²) in [5, 5.41) is 14.0. The fourth-order valence-electron chi connectivity index (χ4n) is 4.14. The molecule has 0 saturated carbocycles. The minimum atomic E-state index is -3.86. The van der Waals surface area contributed by atoms with Crippen LogP contribution in [0.1, 0.15) is 31.2 Å². The van der Waals surface area contributed by atoms with E-state index in [0.29, 0.717) is 29.7 Å². The first kappa shape index (κ1) is 23.2. The van der Waals surface area contributed by atoms with Crippen molar-refractivity contribution in [3.05, 3.63) is 59.9 Å². The maximum absolute atomic E-state index is 12.1. The fourth-order valence-corrected chi connectivity index (χ4v) is 4.98. The van der Waals surface area contributed by atoms with Crippen molar-refractivity contribution in [1.29, 1.82) is 0 Å². The van der Waals surface area contributed by atoms with Crippen molar-refractivity contribution >= 4 is 15.7 Å². The van der Waals surface area contributed by atoms with Crippen molar-refractivity contribution in [1.82, 2.24) is 19.7 Å². The number of piperazine rings is 1. The molecule has 1 atom stereocenters. The zero-order valence-electron chi connectivity index (χ0n) is 19.2. The Morgan fingerprint density at radius 3 is 2.48 bits per heavy atom. The molecular weight excluding hydrogens is 440 g/mol. The fraction of sp³-hybridized carbons (Fsp3) is 0.391. The van der Waals surface area contributed by atoms with Gasteiger partial charge in [-0.15, -0.1) is 5.10 Å². The lowest BCUT2D eigenvalue weighted by Crippen LogP contribution is -2.44. The third-order valence-electron chi connectivity index (χ3n) is 6.04. The number of hydrogen-bond acceptors (Lipinski definition) is 7. The summed E-state index contributed by atoms with van der Waals surface area (Å²) in [7, 11) is -1.73. The van der Waals surface area contributed by atoms with E-state index in [9.17, 15) is 8.42 Å². The van der Waals surface area contributed by atoms with Crippen LogP contribution in [0, 0.1) is 0 Å². The Balaban J connectivity index is 1.60. The number of hydrogen-bond donors (Lipinski definition) is 1. The summed E-state index contributed by atoms with van der Waals surface area (Å²) in [5.41, 5.74) is 1.68. The van der Waals surface area contributed by atoms with Gasteiger partial charge in [-0.2, -0.15) is 0 Å². The van der Waals surface area contributed by atoms with Crippen LogP contribution in [-0.4, -0.2) is 61.3 Å². The zero-order valence-corrected chi connectivity index (χ0v) is 20.0. The van der Waals surface area contributed by atoms with E-state index in [1.54, 1.807) is 18.2 Å². The van der Waals surface area contributed by atoms with Gasteiger partial charge in [0.2, 0.25) is 10.0 Å². The molecule has 176 valence electrons. The van der Waals surface area contributed by atoms with Crippen LogP contribution in [-0.2, 0) is 16.6 Å². The number of benzene rings is 2. The average Bonchev–Trinajstić information content (AvgIpc) is 3.21. The monoisotopic (exact) mass is 470 g/mol. The molecule has 2 N–H and O–H groups in total. The highest BCUT2D eigenvalue weighted by atomic mass is 32.2. The highest BCUT2D eigenvalue weighted by Crippen LogP contribution is 2.31. The molecule has 33 heavy (non-hydrogen) atoms. The van der Waals surface area contributed by atoms with E-state index in [0.717, 1.165) is 31.9 Å². The summed E-state index contributed by atoms with van der Waals surface area (Å²) in [6.45, 7) is 8.41. The van der Waals surface area contributed by atoms with Gasteiger partial charge in [0.25, 0.3) is 0 Å². The van der Waals surface area contributed by atoms with Gasteiger partial charge < -0.3 is 14.5 Å². The van der Waals surface area contributed by atoms with E-state index in [1.807, 2.05) is 36.6 Å². The lowest BCUT2D eigenvalue weighted by Gasteiger charge is -2.34. The Kier molecular flexibility index (Phi) is 6.68. The van der Waals surface area contributed by atoms with Crippen LogP contribution in [0.4, 0.5) is 5.69 Å². The van der Waals surface area contributed by atoms with Gasteiger partial charge in [0.1, 0.15) is 11.6 Å². The average molecular weight is 471 g/mol. The normalized spacial score (nSPS) is 16.1. The molecule has 4 rings (SSSR count). The largest absolute Gasteiger partial charge is 0.424 e. The van der Waals surface area contributed by atoms with Gasteiger partial charge >= 0.3 is 6.01 Å². The standard InChI is InChI=1S/C23H30N6O3S/c1-4-29-22(17(2)20-10-5-6-11-21(20)33(24,30)31)25-26-23(29)32-19-9-7-8-18(16-19)28-14-12-27(3)13-15-28/h5-11,16-17H,4,12-15H2,1-3H3,(H2,24,30,31)/t17-/m1/s1. The molecule has 2 aromatic carbocycles. The summed E-state index contributed by atoms with van der Waals surface area (Å²) >= 11 is 0. The molecule has 10 heteroatoms. The molecule has 2 heterocycles. The second-order valence-corrected chi connectivity index (χ2v) is 9.81. The molecule has 1 aliphatic heterocycles. The van der Waals surface area contributed by atoms with Crippen molar-refractivity contribution in [2.75, 3.05) is 38.1 Å². The van der Waals surface area contributed by atoms with Gasteiger partial charge in [0.05, 0.1) is 4.90 Å². The first-order valence-corrected chi connectivity index (χ1v) is 12.6. The minimum Gasteiger partial charge on any atom is -0.424 e. The van der Waals surface area contributed by atoms with Gasteiger partial charge in [0.15, 0.2) is 0 Å². The lowest BCUT2D eigenvalue weighted by atomic mass is 10.0. The van der Waals surface area contributed by atoms with E-state index in [4.69, 9.17) is 9.88 Å². The van der Waals surface area contributed by atoms with Gasteiger partial charge in [-0.25, -0.2) is 13.6 Å². The van der Waals surface area contributed by atoms with Crippen LogP contribution in [0.2, 0.25) is 0 Å². The Morgan fingerprint density at radius 2 is 1.79 bits per heavy atom. The van der Waals surface area contributed by atoms with Gasteiger partial charge in [-0.1, -0.05) is 36.3 Å². The van der Waals surface area contributed by atoms with E-state index in [-0.39, 0.29) is 10.8 Å². The van der Waals surface area contributed by atoms with Gasteiger partial charge in [-0.05, 0) is 37.7 Å². The number of ether oxygens (including phenoxy) is 1. The Labute approximate surface area is 194 Å². The van der Waals surface area contributed by atoms with Crippen LogP contribution in [0.25, 0.3) is 0 Å². The molecular formula is C23H30N6O3S. The molecule has 3 aromatic rings. The zero-order chi connectivity index (χ0) is 23.6. The molecule has 1 saturated heterocycles. The van der Waals surface area contributed by atoms with Crippen LogP contribution < -0.4 is 14.8 Å². The molecule has 1 aromatic heterocycles. The van der Waals surface area contributed by atoms with Crippen LogP contribution >= 0.6 is 0 Å². The maximum Gasteiger partial charge on any atom is 0.322 e. The number of likely N-dealkylation sites (N-methyl/N-ethyl adjacent to an activating group) is 1. The predicted octanol–water partition coefficient (Wildman–Crippen LogP) is 2.64. The molecule has 0 radical (unpaired) electrons. The van der Waals surface area contributed by atoms with Crippen molar-refractivity contribution < 1.29 is 13.2 Å². The number of sulfonamides is 1. The third kappa shape index (κ3) is 5.02. The highest BCUT2D eigenvalue weighted by molar-refractivity contribution is 7.89. The number of primary sulfonamides is 1. The van der Waals surface area contributed by atoms with Gasteiger partial charge in [0, 0.05) is 50.4 Å². The minimum absolute atomic E-state index is 0.0884. The van der Waals surface area contributed by atoms with E-state index < -0.39 is 10.0 Å². The first-order valence-electron chi connectivity index (χ1n) is 11.0. The van der Waals surface area contributed by atoms with E-state index in [2.05, 4.69) is 33.1 Å². The maximum atomic E-state index is 12.1. The summed E-state index contributed by atoms with van der Waals surface area (Å²) < 4.78 is 32.1. The number of nitrogens with zero attached hydrogens (tertiary/aromatic N) is 5. The Bertz CT molecular complexity index is 1220. The molecule has 0 aliphatic carbocycles. The third-order valence-corrected chi connectivity index (χ3v) is 7.02. The van der Waals surface area contributed by atoms with Crippen LogP contribution in [0.3, 0.4) is 0 Å². The number of nitrogens with two attached hydrogens (primary N) is 1. The summed E-state index contributed by atoms with van der Waals surface area (Å²) in [4.78, 5) is 4.75. The SMILES string of the molecule is CCn1c(Oc2cccc(N3CCN(C)CC3)c2)nnc1[C@H](C)c1ccccc1S(N)(=O)=O. The first-order chi connectivity index (χ1) is 15.8.